The van der Waals surface area contributed by atoms with Crippen LogP contribution in [0, 0.1) is 5.92 Å². The zero-order valence-corrected chi connectivity index (χ0v) is 12.4. The van der Waals surface area contributed by atoms with Crippen molar-refractivity contribution in [1.82, 2.24) is 14.6 Å². The third-order valence-electron chi connectivity index (χ3n) is 5.07. The number of nitrogens with zero attached hydrogens (tertiary/aromatic N) is 4. The molecule has 0 bridgehead atoms. The minimum Gasteiger partial charge on any atom is -0.393 e. The molecule has 1 N–H and O–H groups in total. The van der Waals surface area contributed by atoms with Gasteiger partial charge in [0.1, 0.15) is 5.52 Å². The van der Waals surface area contributed by atoms with Crippen molar-refractivity contribution in [2.75, 3.05) is 18.0 Å². The highest BCUT2D eigenvalue weighted by Crippen LogP contribution is 2.37. The van der Waals surface area contributed by atoms with Gasteiger partial charge < -0.3 is 10.0 Å². The zero-order chi connectivity index (χ0) is 14.4. The fourth-order valence-corrected chi connectivity index (χ4v) is 3.40. The summed E-state index contributed by atoms with van der Waals surface area (Å²) in [6.45, 7) is 3.83. The topological polar surface area (TPSA) is 53.7 Å². The molecule has 1 aliphatic heterocycles. The Kier molecular flexibility index (Phi) is 3.10. The summed E-state index contributed by atoms with van der Waals surface area (Å²) in [4.78, 5) is 6.88. The Morgan fingerprint density at radius 2 is 2.14 bits per heavy atom. The van der Waals surface area contributed by atoms with E-state index >= 15 is 0 Å². The molecule has 5 nitrogen and oxygen atoms in total. The summed E-state index contributed by atoms with van der Waals surface area (Å²) in [6, 6.07) is 2.21. The Bertz CT molecular complexity index is 649. The first-order chi connectivity index (χ1) is 10.2. The molecule has 3 heterocycles. The lowest BCUT2D eigenvalue weighted by molar-refractivity contribution is 0.0969. The van der Waals surface area contributed by atoms with Crippen LogP contribution in [-0.2, 0) is 0 Å². The van der Waals surface area contributed by atoms with Crippen LogP contribution in [0.3, 0.4) is 0 Å². The van der Waals surface area contributed by atoms with E-state index in [1.54, 1.807) is 0 Å². The van der Waals surface area contributed by atoms with E-state index in [2.05, 4.69) is 22.9 Å². The fourth-order valence-electron chi connectivity index (χ4n) is 3.40. The van der Waals surface area contributed by atoms with Crippen LogP contribution < -0.4 is 4.90 Å². The summed E-state index contributed by atoms with van der Waals surface area (Å²) < 4.78 is 1.96. The third kappa shape index (κ3) is 2.20. The lowest BCUT2D eigenvalue weighted by Gasteiger charge is -2.35. The van der Waals surface area contributed by atoms with Crippen LogP contribution in [0.5, 0.6) is 0 Å². The van der Waals surface area contributed by atoms with Crippen LogP contribution in [0.2, 0.25) is 0 Å². The highest BCUT2D eigenvalue weighted by Gasteiger charge is 2.27. The maximum Gasteiger partial charge on any atom is 0.154 e. The van der Waals surface area contributed by atoms with E-state index in [4.69, 9.17) is 5.10 Å². The van der Waals surface area contributed by atoms with Gasteiger partial charge in [-0.3, -0.25) is 0 Å². The van der Waals surface area contributed by atoms with Crippen LogP contribution in [-0.4, -0.2) is 38.9 Å². The number of hydrogen-bond donors (Lipinski definition) is 1. The molecular formula is C16H22N4O. The molecule has 2 atom stereocenters. The largest absolute Gasteiger partial charge is 0.393 e. The number of aliphatic hydroxyl groups is 1. The van der Waals surface area contributed by atoms with Crippen molar-refractivity contribution in [3.05, 3.63) is 24.2 Å². The maximum atomic E-state index is 9.91. The van der Waals surface area contributed by atoms with Crippen molar-refractivity contribution < 1.29 is 5.11 Å². The second-order valence-corrected chi connectivity index (χ2v) is 6.56. The fraction of sp³-hybridized carbons (Fsp3) is 0.625. The molecule has 0 spiro atoms. The Morgan fingerprint density at radius 1 is 1.29 bits per heavy atom. The lowest BCUT2D eigenvalue weighted by Crippen LogP contribution is -2.42. The number of anilines is 1. The summed E-state index contributed by atoms with van der Waals surface area (Å²) in [5.41, 5.74) is 2.31. The molecule has 0 amide bonds. The van der Waals surface area contributed by atoms with E-state index in [1.165, 1.54) is 25.0 Å². The number of hydrogen-bond acceptors (Lipinski definition) is 4. The van der Waals surface area contributed by atoms with Gasteiger partial charge in [-0.25, -0.2) is 9.50 Å². The molecule has 2 unspecified atom stereocenters. The van der Waals surface area contributed by atoms with Crippen LogP contribution >= 0.6 is 0 Å². The molecule has 112 valence electrons. The Morgan fingerprint density at radius 3 is 2.86 bits per heavy atom. The van der Waals surface area contributed by atoms with Crippen molar-refractivity contribution in [1.29, 1.82) is 0 Å². The molecule has 1 saturated carbocycles. The van der Waals surface area contributed by atoms with Gasteiger partial charge in [-0.2, -0.15) is 5.10 Å². The standard InChI is InChI=1S/C16H22N4O/c1-11-10-19(7-5-15(11)21)16-14-9-13(12-3-2-4-12)18-20(14)8-6-17-16/h6,8-9,11-12,15,21H,2-5,7,10H2,1H3. The van der Waals surface area contributed by atoms with Gasteiger partial charge in [0.15, 0.2) is 5.82 Å². The number of aliphatic hydroxyl groups excluding tert-OH is 1. The van der Waals surface area contributed by atoms with Gasteiger partial charge in [-0.1, -0.05) is 13.3 Å². The summed E-state index contributed by atoms with van der Waals surface area (Å²) in [7, 11) is 0. The van der Waals surface area contributed by atoms with Gasteiger partial charge in [-0.15, -0.1) is 0 Å². The lowest BCUT2D eigenvalue weighted by atomic mass is 9.83. The molecule has 2 aliphatic rings. The first kappa shape index (κ1) is 13.1. The van der Waals surface area contributed by atoms with Gasteiger partial charge in [-0.05, 0) is 31.2 Å². The molecule has 2 aromatic heterocycles. The van der Waals surface area contributed by atoms with E-state index in [1.807, 2.05) is 16.9 Å². The van der Waals surface area contributed by atoms with Gasteiger partial charge >= 0.3 is 0 Å². The average Bonchev–Trinajstić information content (AvgIpc) is 2.83. The molecule has 2 aromatic rings. The number of piperidine rings is 1. The quantitative estimate of drug-likeness (QED) is 0.919. The van der Waals surface area contributed by atoms with Crippen molar-refractivity contribution in [3.63, 3.8) is 0 Å². The highest BCUT2D eigenvalue weighted by molar-refractivity contribution is 5.69. The molecule has 0 radical (unpaired) electrons. The second-order valence-electron chi connectivity index (χ2n) is 6.56. The summed E-state index contributed by atoms with van der Waals surface area (Å²) >= 11 is 0. The number of aromatic nitrogens is 3. The van der Waals surface area contributed by atoms with Crippen molar-refractivity contribution in [3.8, 4) is 0 Å². The average molecular weight is 286 g/mol. The predicted molar refractivity (Wildman–Crippen MR) is 81.6 cm³/mol. The Hall–Kier alpha value is -1.62. The zero-order valence-electron chi connectivity index (χ0n) is 12.4. The van der Waals surface area contributed by atoms with Gasteiger partial charge in [0, 0.05) is 31.4 Å². The summed E-state index contributed by atoms with van der Waals surface area (Å²) in [5.74, 6) is 1.93. The Balaban J connectivity index is 1.69. The smallest absolute Gasteiger partial charge is 0.154 e. The molecule has 1 saturated heterocycles. The summed E-state index contributed by atoms with van der Waals surface area (Å²) in [5, 5.41) is 14.6. The van der Waals surface area contributed by atoms with E-state index < -0.39 is 0 Å². The predicted octanol–water partition coefficient (Wildman–Crippen LogP) is 2.20. The maximum absolute atomic E-state index is 9.91. The third-order valence-corrected chi connectivity index (χ3v) is 5.07. The summed E-state index contributed by atoms with van der Waals surface area (Å²) in [6.07, 6.45) is 8.24. The molecule has 1 aliphatic carbocycles. The van der Waals surface area contributed by atoms with Gasteiger partial charge in [0.2, 0.25) is 0 Å². The molecule has 4 rings (SSSR count). The Labute approximate surface area is 124 Å². The van der Waals surface area contributed by atoms with Crippen LogP contribution in [0.1, 0.15) is 44.2 Å². The van der Waals surface area contributed by atoms with E-state index in [0.29, 0.717) is 5.92 Å². The normalized spacial score (nSPS) is 27.0. The molecule has 5 heteroatoms. The first-order valence-corrected chi connectivity index (χ1v) is 7.99. The van der Waals surface area contributed by atoms with E-state index in [-0.39, 0.29) is 12.0 Å². The van der Waals surface area contributed by atoms with E-state index in [0.717, 1.165) is 30.8 Å². The van der Waals surface area contributed by atoms with Crippen molar-refractivity contribution in [2.24, 2.45) is 5.92 Å². The first-order valence-electron chi connectivity index (χ1n) is 7.99. The molecule has 2 fully saturated rings. The van der Waals surface area contributed by atoms with Crippen molar-refractivity contribution in [2.45, 2.75) is 44.6 Å². The van der Waals surface area contributed by atoms with Crippen LogP contribution in [0.4, 0.5) is 5.82 Å². The number of fused-ring (bicyclic) bond motifs is 1. The minimum absolute atomic E-state index is 0.184. The molecule has 0 aromatic carbocycles. The van der Waals surface area contributed by atoms with Crippen LogP contribution in [0.15, 0.2) is 18.5 Å². The SMILES string of the molecule is CC1CN(c2nccn3nc(C4CCC4)cc23)CCC1O. The van der Waals surface area contributed by atoms with Gasteiger partial charge in [0.05, 0.1) is 11.8 Å². The molecular weight excluding hydrogens is 264 g/mol. The van der Waals surface area contributed by atoms with Gasteiger partial charge in [0.25, 0.3) is 0 Å². The molecule has 21 heavy (non-hydrogen) atoms. The van der Waals surface area contributed by atoms with Crippen LogP contribution in [0.25, 0.3) is 5.52 Å². The number of rotatable bonds is 2. The monoisotopic (exact) mass is 286 g/mol. The second kappa shape index (κ2) is 4.98. The minimum atomic E-state index is -0.184. The highest BCUT2D eigenvalue weighted by atomic mass is 16.3. The van der Waals surface area contributed by atoms with E-state index in [9.17, 15) is 5.11 Å². The van der Waals surface area contributed by atoms with Crippen molar-refractivity contribution >= 4 is 11.3 Å².